The molecule has 1 aliphatic heterocycles. The summed E-state index contributed by atoms with van der Waals surface area (Å²) >= 11 is 0. The Morgan fingerprint density at radius 2 is 1.67 bits per heavy atom. The van der Waals surface area contributed by atoms with Gasteiger partial charge in [0, 0.05) is 37.4 Å². The van der Waals surface area contributed by atoms with Gasteiger partial charge in [-0.3, -0.25) is 0 Å². The van der Waals surface area contributed by atoms with Gasteiger partial charge in [0.2, 0.25) is 10.0 Å². The summed E-state index contributed by atoms with van der Waals surface area (Å²) in [4.78, 5) is 13.7. The Kier molecular flexibility index (Phi) is 6.41. The van der Waals surface area contributed by atoms with Crippen LogP contribution >= 0.6 is 0 Å². The Morgan fingerprint density at radius 1 is 1.07 bits per heavy atom. The number of aliphatic carboxylic acids is 1. The van der Waals surface area contributed by atoms with E-state index in [4.69, 9.17) is 5.73 Å². The topological polar surface area (TPSA) is 104 Å². The van der Waals surface area contributed by atoms with Crippen LogP contribution in [-0.4, -0.2) is 61.3 Å². The van der Waals surface area contributed by atoms with Crippen LogP contribution in [0.1, 0.15) is 5.56 Å². The summed E-state index contributed by atoms with van der Waals surface area (Å²) in [5.74, 6) is 2.40. The number of sulfonamides is 1. The third-order valence-electron chi connectivity index (χ3n) is 4.82. The van der Waals surface area contributed by atoms with Crippen LogP contribution in [0.5, 0.6) is 0 Å². The molecule has 1 heterocycles. The first-order valence-corrected chi connectivity index (χ1v) is 10.9. The Labute approximate surface area is 175 Å². The molecule has 1 atom stereocenters. The fourth-order valence-corrected chi connectivity index (χ4v) is 4.79. The Balaban J connectivity index is 1.71. The summed E-state index contributed by atoms with van der Waals surface area (Å²) in [6, 6.07) is 14.6. The Bertz CT molecular complexity index is 1060. The van der Waals surface area contributed by atoms with E-state index >= 15 is 0 Å². The highest BCUT2D eigenvalue weighted by molar-refractivity contribution is 7.89. The average molecular weight is 431 g/mol. The molecule has 2 aromatic rings. The van der Waals surface area contributed by atoms with Crippen molar-refractivity contribution in [3.05, 3.63) is 66.0 Å². The van der Waals surface area contributed by atoms with E-state index in [0.29, 0.717) is 18.7 Å². The predicted octanol–water partition coefficient (Wildman–Crippen LogP) is 1.11. The standard InChI is InChI=1S/C21H22FN3O4S/c22-18-6-8-19(9-7-18)24-12-14-25(15-13-24)30(28,29)16-21(23,20(26)27)11-10-17-4-2-1-3-5-17/h1-9H,12-16,23H2,(H,26,27)/t21-/m0/s1. The first-order valence-electron chi connectivity index (χ1n) is 9.28. The fourth-order valence-electron chi connectivity index (χ4n) is 3.11. The van der Waals surface area contributed by atoms with Gasteiger partial charge < -0.3 is 15.7 Å². The maximum atomic E-state index is 13.1. The smallest absolute Gasteiger partial charge is 0.337 e. The molecular weight excluding hydrogens is 409 g/mol. The van der Waals surface area contributed by atoms with E-state index < -0.39 is 27.3 Å². The first kappa shape index (κ1) is 21.8. The quantitative estimate of drug-likeness (QED) is 0.688. The zero-order valence-electron chi connectivity index (χ0n) is 16.2. The van der Waals surface area contributed by atoms with E-state index in [2.05, 4.69) is 11.8 Å². The second-order valence-electron chi connectivity index (χ2n) is 7.01. The summed E-state index contributed by atoms with van der Waals surface area (Å²) in [6.07, 6.45) is 0. The largest absolute Gasteiger partial charge is 0.479 e. The highest BCUT2D eigenvalue weighted by atomic mass is 32.2. The average Bonchev–Trinajstić information content (AvgIpc) is 2.73. The molecule has 30 heavy (non-hydrogen) atoms. The van der Waals surface area contributed by atoms with Gasteiger partial charge in [-0.15, -0.1) is 0 Å². The number of nitrogens with two attached hydrogens (primary N) is 1. The lowest BCUT2D eigenvalue weighted by Crippen LogP contribution is -2.57. The van der Waals surface area contributed by atoms with Crippen LogP contribution < -0.4 is 10.6 Å². The van der Waals surface area contributed by atoms with Crippen LogP contribution in [0.3, 0.4) is 0 Å². The van der Waals surface area contributed by atoms with Crippen molar-refractivity contribution in [2.45, 2.75) is 5.54 Å². The molecule has 2 aromatic carbocycles. The van der Waals surface area contributed by atoms with Crippen molar-refractivity contribution >= 4 is 21.7 Å². The monoisotopic (exact) mass is 431 g/mol. The number of rotatable bonds is 5. The van der Waals surface area contributed by atoms with Crippen LogP contribution in [0, 0.1) is 17.7 Å². The van der Waals surface area contributed by atoms with E-state index in [0.717, 1.165) is 5.69 Å². The van der Waals surface area contributed by atoms with Gasteiger partial charge in [0.1, 0.15) is 11.6 Å². The van der Waals surface area contributed by atoms with Crippen LogP contribution in [0.15, 0.2) is 54.6 Å². The number of halogens is 1. The molecule has 1 fully saturated rings. The van der Waals surface area contributed by atoms with Gasteiger partial charge in [0.05, 0.1) is 0 Å². The molecule has 0 bridgehead atoms. The molecule has 0 amide bonds. The summed E-state index contributed by atoms with van der Waals surface area (Å²) in [7, 11) is -3.96. The molecule has 0 aromatic heterocycles. The lowest BCUT2D eigenvalue weighted by atomic mass is 10.0. The van der Waals surface area contributed by atoms with Crippen molar-refractivity contribution in [1.82, 2.24) is 4.31 Å². The number of piperazine rings is 1. The molecule has 158 valence electrons. The zero-order valence-corrected chi connectivity index (χ0v) is 17.0. The van der Waals surface area contributed by atoms with Gasteiger partial charge in [-0.1, -0.05) is 30.0 Å². The molecule has 9 heteroatoms. The van der Waals surface area contributed by atoms with Gasteiger partial charge >= 0.3 is 5.97 Å². The molecular formula is C21H22FN3O4S. The summed E-state index contributed by atoms with van der Waals surface area (Å²) < 4.78 is 40.0. The first-order chi connectivity index (χ1) is 14.2. The van der Waals surface area contributed by atoms with Crippen molar-refractivity contribution in [3.63, 3.8) is 0 Å². The molecule has 1 aliphatic rings. The summed E-state index contributed by atoms with van der Waals surface area (Å²) in [6.45, 7) is 1.12. The van der Waals surface area contributed by atoms with Crippen molar-refractivity contribution in [1.29, 1.82) is 0 Å². The maximum absolute atomic E-state index is 13.1. The number of hydrogen-bond acceptors (Lipinski definition) is 5. The Hall–Kier alpha value is -2.93. The Morgan fingerprint density at radius 3 is 2.23 bits per heavy atom. The highest BCUT2D eigenvalue weighted by Crippen LogP contribution is 2.19. The van der Waals surface area contributed by atoms with E-state index in [1.165, 1.54) is 16.4 Å². The van der Waals surface area contributed by atoms with Crippen molar-refractivity contribution in [2.75, 3.05) is 36.8 Å². The van der Waals surface area contributed by atoms with Crippen LogP contribution in [0.2, 0.25) is 0 Å². The zero-order chi connectivity index (χ0) is 21.8. The van der Waals surface area contributed by atoms with Crippen molar-refractivity contribution in [2.24, 2.45) is 5.73 Å². The van der Waals surface area contributed by atoms with E-state index in [9.17, 15) is 22.7 Å². The second-order valence-corrected chi connectivity index (χ2v) is 8.98. The number of hydrogen-bond donors (Lipinski definition) is 2. The molecule has 0 saturated carbocycles. The maximum Gasteiger partial charge on any atom is 0.337 e. The molecule has 0 unspecified atom stereocenters. The number of nitrogens with zero attached hydrogens (tertiary/aromatic N) is 2. The third kappa shape index (κ3) is 5.16. The van der Waals surface area contributed by atoms with Gasteiger partial charge in [0.15, 0.2) is 5.54 Å². The van der Waals surface area contributed by atoms with Gasteiger partial charge in [0.25, 0.3) is 0 Å². The van der Waals surface area contributed by atoms with Crippen molar-refractivity contribution < 1.29 is 22.7 Å². The van der Waals surface area contributed by atoms with E-state index in [1.807, 2.05) is 4.90 Å². The fraction of sp³-hybridized carbons (Fsp3) is 0.286. The normalized spacial score (nSPS) is 16.9. The van der Waals surface area contributed by atoms with Gasteiger partial charge in [-0.05, 0) is 36.4 Å². The minimum absolute atomic E-state index is 0.168. The second kappa shape index (κ2) is 8.83. The number of benzene rings is 2. The van der Waals surface area contributed by atoms with Gasteiger partial charge in [-0.2, -0.15) is 4.31 Å². The minimum Gasteiger partial charge on any atom is -0.479 e. The lowest BCUT2D eigenvalue weighted by Gasteiger charge is -2.36. The van der Waals surface area contributed by atoms with Crippen LogP contribution in [0.25, 0.3) is 0 Å². The van der Waals surface area contributed by atoms with Crippen LogP contribution in [0.4, 0.5) is 10.1 Å². The molecule has 3 rings (SSSR count). The molecule has 0 aliphatic carbocycles. The highest BCUT2D eigenvalue weighted by Gasteiger charge is 2.40. The number of carboxylic acid groups (broad SMARTS) is 1. The number of carboxylic acids is 1. The molecule has 0 spiro atoms. The van der Waals surface area contributed by atoms with Gasteiger partial charge in [-0.25, -0.2) is 17.6 Å². The number of anilines is 1. The molecule has 3 N–H and O–H groups in total. The lowest BCUT2D eigenvalue weighted by molar-refractivity contribution is -0.140. The van der Waals surface area contributed by atoms with E-state index in [1.54, 1.807) is 42.5 Å². The minimum atomic E-state index is -3.96. The van der Waals surface area contributed by atoms with Crippen molar-refractivity contribution in [3.8, 4) is 11.8 Å². The SMILES string of the molecule is N[C@@](C#Cc1ccccc1)(CS(=O)(=O)N1CCN(c2ccc(F)cc2)CC1)C(=O)O. The predicted molar refractivity (Wildman–Crippen MR) is 112 cm³/mol. The summed E-state index contributed by atoms with van der Waals surface area (Å²) in [5.41, 5.74) is 4.99. The molecule has 0 radical (unpaired) electrons. The van der Waals surface area contributed by atoms with Crippen LogP contribution in [-0.2, 0) is 14.8 Å². The number of carbonyl (C=O) groups is 1. The molecule has 1 saturated heterocycles. The third-order valence-corrected chi connectivity index (χ3v) is 6.79. The van der Waals surface area contributed by atoms with E-state index in [-0.39, 0.29) is 18.9 Å². The summed E-state index contributed by atoms with van der Waals surface area (Å²) in [5, 5.41) is 9.54. The molecule has 7 nitrogen and oxygen atoms in total.